The Balaban J connectivity index is 2.16. The summed E-state index contributed by atoms with van der Waals surface area (Å²) >= 11 is 0. The zero-order valence-corrected chi connectivity index (χ0v) is 12.7. The second-order valence-electron chi connectivity index (χ2n) is 5.86. The van der Waals surface area contributed by atoms with Crippen LogP contribution in [0, 0.1) is 5.92 Å². The van der Waals surface area contributed by atoms with Gasteiger partial charge in [-0.05, 0) is 31.6 Å². The van der Waals surface area contributed by atoms with Crippen molar-refractivity contribution in [1.29, 1.82) is 0 Å². The highest BCUT2D eigenvalue weighted by Gasteiger charge is 2.26. The summed E-state index contributed by atoms with van der Waals surface area (Å²) in [5, 5.41) is 0. The second-order valence-corrected chi connectivity index (χ2v) is 5.86. The van der Waals surface area contributed by atoms with Crippen LogP contribution in [0.25, 0.3) is 0 Å². The number of nitrogen functional groups attached to an aromatic ring is 1. The van der Waals surface area contributed by atoms with E-state index in [2.05, 4.69) is 36.2 Å². The molecule has 1 fully saturated rings. The van der Waals surface area contributed by atoms with Gasteiger partial charge in [0, 0.05) is 12.0 Å². The molecule has 1 aliphatic carbocycles. The van der Waals surface area contributed by atoms with Crippen LogP contribution >= 0.6 is 0 Å². The quantitative estimate of drug-likeness (QED) is 0.639. The van der Waals surface area contributed by atoms with Crippen LogP contribution in [-0.2, 0) is 0 Å². The highest BCUT2D eigenvalue weighted by molar-refractivity contribution is 5.37. The van der Waals surface area contributed by atoms with Crippen molar-refractivity contribution in [1.82, 2.24) is 9.97 Å². The molecule has 5 heteroatoms. The van der Waals surface area contributed by atoms with Gasteiger partial charge < -0.3 is 10.2 Å². The molecule has 0 aliphatic heterocycles. The van der Waals surface area contributed by atoms with Gasteiger partial charge in [-0.25, -0.2) is 10.8 Å². The standard InChI is InChI=1S/C15H26N4O/c1-4-11-7-5-6-8-12(11)20-14-9-13(19-16)17-15(18-14)10(2)3/h9-12H,4-8,16H2,1-3H3,(H,17,18,19). The zero-order chi connectivity index (χ0) is 14.5. The Kier molecular flexibility index (Phi) is 5.17. The van der Waals surface area contributed by atoms with E-state index in [1.807, 2.05) is 0 Å². The Hall–Kier alpha value is -1.36. The fourth-order valence-corrected chi connectivity index (χ4v) is 2.79. The average molecular weight is 278 g/mol. The first-order chi connectivity index (χ1) is 9.63. The highest BCUT2D eigenvalue weighted by Crippen LogP contribution is 2.30. The van der Waals surface area contributed by atoms with Gasteiger partial charge in [0.15, 0.2) is 0 Å². The number of anilines is 1. The molecule has 0 saturated heterocycles. The van der Waals surface area contributed by atoms with Crippen molar-refractivity contribution in [3.63, 3.8) is 0 Å². The number of hydrogen-bond acceptors (Lipinski definition) is 5. The van der Waals surface area contributed by atoms with E-state index in [4.69, 9.17) is 10.6 Å². The Morgan fingerprint density at radius 2 is 2.10 bits per heavy atom. The van der Waals surface area contributed by atoms with Gasteiger partial charge in [-0.1, -0.05) is 27.2 Å². The minimum Gasteiger partial charge on any atom is -0.474 e. The third-order valence-electron chi connectivity index (χ3n) is 4.02. The number of hydrogen-bond donors (Lipinski definition) is 2. The first-order valence-corrected chi connectivity index (χ1v) is 7.66. The van der Waals surface area contributed by atoms with Gasteiger partial charge in [0.05, 0.1) is 0 Å². The van der Waals surface area contributed by atoms with Crippen LogP contribution in [0.2, 0.25) is 0 Å². The first-order valence-electron chi connectivity index (χ1n) is 7.66. The van der Waals surface area contributed by atoms with E-state index < -0.39 is 0 Å². The summed E-state index contributed by atoms with van der Waals surface area (Å²) in [6.45, 7) is 6.36. The molecule has 2 unspecified atom stereocenters. The first kappa shape index (κ1) is 15.0. The molecule has 0 amide bonds. The summed E-state index contributed by atoms with van der Waals surface area (Å²) in [6.07, 6.45) is 6.36. The number of ether oxygens (including phenoxy) is 1. The summed E-state index contributed by atoms with van der Waals surface area (Å²) in [5.74, 6) is 8.38. The molecule has 2 rings (SSSR count). The number of hydrazine groups is 1. The molecule has 1 aliphatic rings. The van der Waals surface area contributed by atoms with E-state index in [0.29, 0.717) is 17.6 Å². The summed E-state index contributed by atoms with van der Waals surface area (Å²) in [4.78, 5) is 8.87. The molecule has 0 aromatic carbocycles. The molecule has 0 bridgehead atoms. The molecule has 1 saturated carbocycles. The molecule has 1 heterocycles. The monoisotopic (exact) mass is 278 g/mol. The van der Waals surface area contributed by atoms with Crippen molar-refractivity contribution in [3.8, 4) is 5.88 Å². The van der Waals surface area contributed by atoms with Crippen molar-refractivity contribution in [2.75, 3.05) is 5.43 Å². The molecule has 3 N–H and O–H groups in total. The van der Waals surface area contributed by atoms with Crippen LogP contribution in [0.1, 0.15) is 64.6 Å². The number of nitrogens with zero attached hydrogens (tertiary/aromatic N) is 2. The van der Waals surface area contributed by atoms with Gasteiger partial charge in [-0.2, -0.15) is 4.98 Å². The van der Waals surface area contributed by atoms with Gasteiger partial charge in [0.1, 0.15) is 17.7 Å². The van der Waals surface area contributed by atoms with Crippen molar-refractivity contribution in [3.05, 3.63) is 11.9 Å². The zero-order valence-electron chi connectivity index (χ0n) is 12.7. The lowest BCUT2D eigenvalue weighted by atomic mass is 9.85. The van der Waals surface area contributed by atoms with E-state index in [1.54, 1.807) is 6.07 Å². The minimum absolute atomic E-state index is 0.249. The van der Waals surface area contributed by atoms with E-state index in [1.165, 1.54) is 19.3 Å². The predicted octanol–water partition coefficient (Wildman–Crippen LogP) is 3.23. The Morgan fingerprint density at radius 3 is 2.75 bits per heavy atom. The van der Waals surface area contributed by atoms with Crippen molar-refractivity contribution >= 4 is 5.82 Å². The smallest absolute Gasteiger partial charge is 0.219 e. The Labute approximate surface area is 121 Å². The number of nitrogens with one attached hydrogen (secondary N) is 1. The molecule has 5 nitrogen and oxygen atoms in total. The fraction of sp³-hybridized carbons (Fsp3) is 0.733. The summed E-state index contributed by atoms with van der Waals surface area (Å²) in [5.41, 5.74) is 2.59. The maximum absolute atomic E-state index is 6.15. The molecular weight excluding hydrogens is 252 g/mol. The largest absolute Gasteiger partial charge is 0.474 e. The fourth-order valence-electron chi connectivity index (χ4n) is 2.79. The maximum Gasteiger partial charge on any atom is 0.219 e. The highest BCUT2D eigenvalue weighted by atomic mass is 16.5. The Morgan fingerprint density at radius 1 is 1.35 bits per heavy atom. The molecule has 1 aromatic rings. The topological polar surface area (TPSA) is 73.1 Å². The van der Waals surface area contributed by atoms with Crippen molar-refractivity contribution in [2.24, 2.45) is 11.8 Å². The molecule has 112 valence electrons. The minimum atomic E-state index is 0.249. The molecule has 0 radical (unpaired) electrons. The van der Waals surface area contributed by atoms with Gasteiger partial charge in [0.25, 0.3) is 0 Å². The number of nitrogens with two attached hydrogens (primary N) is 1. The summed E-state index contributed by atoms with van der Waals surface area (Å²) in [7, 11) is 0. The molecule has 0 spiro atoms. The molecular formula is C15H26N4O. The SMILES string of the molecule is CCC1CCCCC1Oc1cc(NN)nc(C(C)C)n1. The normalized spacial score (nSPS) is 22.9. The van der Waals surface area contributed by atoms with E-state index in [-0.39, 0.29) is 12.0 Å². The third kappa shape index (κ3) is 3.60. The van der Waals surface area contributed by atoms with Gasteiger partial charge in [-0.3, -0.25) is 0 Å². The van der Waals surface area contributed by atoms with E-state index >= 15 is 0 Å². The van der Waals surface area contributed by atoms with Crippen LogP contribution in [0.4, 0.5) is 5.82 Å². The summed E-state index contributed by atoms with van der Waals surface area (Å²) < 4.78 is 6.15. The van der Waals surface area contributed by atoms with Crippen LogP contribution < -0.4 is 16.0 Å². The molecule has 1 aromatic heterocycles. The number of aromatic nitrogens is 2. The van der Waals surface area contributed by atoms with E-state index in [9.17, 15) is 0 Å². The maximum atomic E-state index is 6.15. The second kappa shape index (κ2) is 6.88. The molecule has 20 heavy (non-hydrogen) atoms. The van der Waals surface area contributed by atoms with Gasteiger partial charge >= 0.3 is 0 Å². The van der Waals surface area contributed by atoms with Gasteiger partial charge in [-0.15, -0.1) is 0 Å². The molecule has 2 atom stereocenters. The lowest BCUT2D eigenvalue weighted by Gasteiger charge is -2.31. The number of rotatable bonds is 5. The van der Waals surface area contributed by atoms with Crippen LogP contribution in [0.15, 0.2) is 6.07 Å². The van der Waals surface area contributed by atoms with Crippen LogP contribution in [0.3, 0.4) is 0 Å². The average Bonchev–Trinajstić information content (AvgIpc) is 2.47. The lowest BCUT2D eigenvalue weighted by molar-refractivity contribution is 0.0855. The van der Waals surface area contributed by atoms with E-state index in [0.717, 1.165) is 18.7 Å². The van der Waals surface area contributed by atoms with Crippen LogP contribution in [-0.4, -0.2) is 16.1 Å². The Bertz CT molecular complexity index is 436. The lowest BCUT2D eigenvalue weighted by Crippen LogP contribution is -2.30. The van der Waals surface area contributed by atoms with Crippen molar-refractivity contribution < 1.29 is 4.74 Å². The third-order valence-corrected chi connectivity index (χ3v) is 4.02. The van der Waals surface area contributed by atoms with Crippen LogP contribution in [0.5, 0.6) is 5.88 Å². The van der Waals surface area contributed by atoms with Crippen molar-refractivity contribution in [2.45, 2.75) is 64.9 Å². The summed E-state index contributed by atoms with van der Waals surface area (Å²) in [6, 6.07) is 1.78. The predicted molar refractivity (Wildman–Crippen MR) is 80.6 cm³/mol. The van der Waals surface area contributed by atoms with Gasteiger partial charge in [0.2, 0.25) is 5.88 Å².